The summed E-state index contributed by atoms with van der Waals surface area (Å²) in [7, 11) is 0. The predicted molar refractivity (Wildman–Crippen MR) is 51.9 cm³/mol. The van der Waals surface area contributed by atoms with Gasteiger partial charge in [0.25, 0.3) is 0 Å². The van der Waals surface area contributed by atoms with E-state index < -0.39 is 0 Å². The number of benzene rings is 1. The quantitative estimate of drug-likeness (QED) is 0.654. The van der Waals surface area contributed by atoms with Crippen LogP contribution in [0.1, 0.15) is 5.69 Å². The summed E-state index contributed by atoms with van der Waals surface area (Å²) in [5.41, 5.74) is 2.86. The molecule has 1 radical (unpaired) electrons. The van der Waals surface area contributed by atoms with Crippen molar-refractivity contribution in [3.63, 3.8) is 0 Å². The number of hydrogen-bond donors (Lipinski definition) is 0. The Hall–Kier alpha value is -1.70. The molecule has 1 heterocycles. The Morgan fingerprint density at radius 1 is 1.08 bits per heavy atom. The van der Waals surface area contributed by atoms with Crippen LogP contribution in [0.3, 0.4) is 0 Å². The second-order valence-corrected chi connectivity index (χ2v) is 2.75. The van der Waals surface area contributed by atoms with E-state index in [4.69, 9.17) is 0 Å². The first-order valence-corrected chi connectivity index (χ1v) is 4.05. The Bertz CT molecular complexity index is 396. The summed E-state index contributed by atoms with van der Waals surface area (Å²) >= 11 is 0. The Morgan fingerprint density at radius 2 is 1.85 bits per heavy atom. The van der Waals surface area contributed by atoms with Gasteiger partial charge in [-0.3, -0.25) is 0 Å². The van der Waals surface area contributed by atoms with E-state index in [1.807, 2.05) is 30.3 Å². The fourth-order valence-electron chi connectivity index (χ4n) is 1.21. The molecule has 2 aromatic rings. The van der Waals surface area contributed by atoms with Crippen LogP contribution in [0.25, 0.3) is 11.1 Å². The van der Waals surface area contributed by atoms with E-state index in [0.717, 1.165) is 16.8 Å². The molecule has 1 aromatic heterocycles. The Morgan fingerprint density at radius 3 is 2.54 bits per heavy atom. The average molecular weight is 169 g/mol. The number of rotatable bonds is 1. The zero-order valence-corrected chi connectivity index (χ0v) is 7.14. The zero-order chi connectivity index (χ0) is 9.10. The van der Waals surface area contributed by atoms with E-state index in [-0.39, 0.29) is 0 Å². The summed E-state index contributed by atoms with van der Waals surface area (Å²) in [4.78, 5) is 8.00. The van der Waals surface area contributed by atoms with Gasteiger partial charge in [-0.05, 0) is 12.5 Å². The fourth-order valence-corrected chi connectivity index (χ4v) is 1.21. The van der Waals surface area contributed by atoms with Gasteiger partial charge < -0.3 is 0 Å². The van der Waals surface area contributed by atoms with Gasteiger partial charge in [-0.2, -0.15) is 0 Å². The molecule has 1 aromatic carbocycles. The third kappa shape index (κ3) is 1.56. The highest BCUT2D eigenvalue weighted by Crippen LogP contribution is 2.19. The largest absolute Gasteiger partial charge is 0.244 e. The van der Waals surface area contributed by atoms with Crippen LogP contribution < -0.4 is 0 Å². The summed E-state index contributed by atoms with van der Waals surface area (Å²) in [5, 5.41) is 0. The molecule has 0 unspecified atom stereocenters. The van der Waals surface area contributed by atoms with Gasteiger partial charge in [0, 0.05) is 11.8 Å². The molecule has 0 aliphatic carbocycles. The summed E-state index contributed by atoms with van der Waals surface area (Å²) in [6.07, 6.45) is 3.29. The third-order valence-corrected chi connectivity index (χ3v) is 1.88. The van der Waals surface area contributed by atoms with Gasteiger partial charge in [0.2, 0.25) is 0 Å². The standard InChI is InChI=1S/C11H9N2/c1-9-11(7-12-8-13-9)10-5-3-2-4-6-10/h2-8H,1H2. The van der Waals surface area contributed by atoms with Gasteiger partial charge in [-0.25, -0.2) is 9.97 Å². The molecule has 0 saturated carbocycles. The smallest absolute Gasteiger partial charge is 0.115 e. The molecule has 0 aliphatic rings. The van der Waals surface area contributed by atoms with Crippen LogP contribution >= 0.6 is 0 Å². The Balaban J connectivity index is 2.54. The lowest BCUT2D eigenvalue weighted by Gasteiger charge is -2.02. The van der Waals surface area contributed by atoms with Crippen molar-refractivity contribution in [3.8, 4) is 11.1 Å². The molecule has 63 valence electrons. The maximum atomic E-state index is 4.03. The van der Waals surface area contributed by atoms with Gasteiger partial charge in [0.05, 0.1) is 5.69 Å². The topological polar surface area (TPSA) is 25.8 Å². The molecular weight excluding hydrogens is 160 g/mol. The van der Waals surface area contributed by atoms with Gasteiger partial charge in [-0.1, -0.05) is 30.3 Å². The van der Waals surface area contributed by atoms with Crippen LogP contribution in [0.5, 0.6) is 0 Å². The van der Waals surface area contributed by atoms with Gasteiger partial charge in [0.15, 0.2) is 0 Å². The Kier molecular flexibility index (Phi) is 2.04. The molecule has 0 atom stereocenters. The first kappa shape index (κ1) is 7.92. The van der Waals surface area contributed by atoms with E-state index >= 15 is 0 Å². The van der Waals surface area contributed by atoms with Crippen molar-refractivity contribution in [1.29, 1.82) is 0 Å². The van der Waals surface area contributed by atoms with Gasteiger partial charge >= 0.3 is 0 Å². The monoisotopic (exact) mass is 169 g/mol. The van der Waals surface area contributed by atoms with Crippen molar-refractivity contribution in [2.24, 2.45) is 0 Å². The molecule has 0 N–H and O–H groups in total. The summed E-state index contributed by atoms with van der Waals surface area (Å²) < 4.78 is 0. The van der Waals surface area contributed by atoms with E-state index in [9.17, 15) is 0 Å². The fraction of sp³-hybridized carbons (Fsp3) is 0. The second-order valence-electron chi connectivity index (χ2n) is 2.75. The lowest BCUT2D eigenvalue weighted by atomic mass is 10.1. The minimum atomic E-state index is 0.765. The first-order chi connectivity index (χ1) is 6.38. The van der Waals surface area contributed by atoms with E-state index in [1.165, 1.54) is 6.33 Å². The molecule has 2 nitrogen and oxygen atoms in total. The molecule has 0 bridgehead atoms. The van der Waals surface area contributed by atoms with E-state index in [2.05, 4.69) is 16.9 Å². The summed E-state index contributed by atoms with van der Waals surface area (Å²) in [6, 6.07) is 10.0. The van der Waals surface area contributed by atoms with Crippen molar-refractivity contribution in [2.75, 3.05) is 0 Å². The van der Waals surface area contributed by atoms with Crippen molar-refractivity contribution in [3.05, 3.63) is 55.5 Å². The second kappa shape index (κ2) is 3.35. The van der Waals surface area contributed by atoms with Crippen LogP contribution in [0.15, 0.2) is 42.9 Å². The first-order valence-electron chi connectivity index (χ1n) is 4.05. The van der Waals surface area contributed by atoms with Crippen molar-refractivity contribution < 1.29 is 0 Å². The van der Waals surface area contributed by atoms with Crippen LogP contribution in [-0.2, 0) is 0 Å². The SMILES string of the molecule is [CH2]c1ncncc1-c1ccccc1. The highest BCUT2D eigenvalue weighted by molar-refractivity contribution is 5.65. The molecule has 0 aliphatic heterocycles. The normalized spacial score (nSPS) is 9.92. The lowest BCUT2D eigenvalue weighted by Crippen LogP contribution is -1.88. The Labute approximate surface area is 77.3 Å². The van der Waals surface area contributed by atoms with Crippen LogP contribution in [0.2, 0.25) is 0 Å². The predicted octanol–water partition coefficient (Wildman–Crippen LogP) is 2.33. The van der Waals surface area contributed by atoms with Crippen LogP contribution in [-0.4, -0.2) is 9.97 Å². The van der Waals surface area contributed by atoms with Crippen molar-refractivity contribution in [2.45, 2.75) is 0 Å². The zero-order valence-electron chi connectivity index (χ0n) is 7.14. The van der Waals surface area contributed by atoms with E-state index in [0.29, 0.717) is 0 Å². The third-order valence-electron chi connectivity index (χ3n) is 1.88. The number of aromatic nitrogens is 2. The highest BCUT2D eigenvalue weighted by atomic mass is 14.8. The van der Waals surface area contributed by atoms with Gasteiger partial charge in [-0.15, -0.1) is 0 Å². The molecule has 0 amide bonds. The molecule has 13 heavy (non-hydrogen) atoms. The summed E-state index contributed by atoms with van der Waals surface area (Å²) in [5.74, 6) is 0. The van der Waals surface area contributed by atoms with Crippen molar-refractivity contribution >= 4 is 0 Å². The molecule has 0 spiro atoms. The minimum Gasteiger partial charge on any atom is -0.244 e. The van der Waals surface area contributed by atoms with Gasteiger partial charge in [0.1, 0.15) is 6.33 Å². The molecule has 0 fully saturated rings. The van der Waals surface area contributed by atoms with E-state index in [1.54, 1.807) is 6.20 Å². The maximum absolute atomic E-state index is 4.03. The average Bonchev–Trinajstić information content (AvgIpc) is 2.20. The van der Waals surface area contributed by atoms with Crippen LogP contribution in [0.4, 0.5) is 0 Å². The number of hydrogen-bond acceptors (Lipinski definition) is 2. The summed E-state index contributed by atoms with van der Waals surface area (Å²) in [6.45, 7) is 3.85. The maximum Gasteiger partial charge on any atom is 0.115 e. The molecule has 2 heteroatoms. The minimum absolute atomic E-state index is 0.765. The lowest BCUT2D eigenvalue weighted by molar-refractivity contribution is 1.14. The molecule has 0 saturated heterocycles. The van der Waals surface area contributed by atoms with Crippen molar-refractivity contribution in [1.82, 2.24) is 9.97 Å². The van der Waals surface area contributed by atoms with Crippen LogP contribution in [0, 0.1) is 6.92 Å². The molecular formula is C11H9N2. The molecule has 2 rings (SSSR count). The number of nitrogens with zero attached hydrogens (tertiary/aromatic N) is 2. The highest BCUT2D eigenvalue weighted by Gasteiger charge is 2.00.